The molecule has 3 rings (SSSR count). The third-order valence-corrected chi connectivity index (χ3v) is 8.11. The number of amides is 1. The molecule has 0 unspecified atom stereocenters. The van der Waals surface area contributed by atoms with Crippen LogP contribution in [0.4, 0.5) is 0 Å². The largest absolute Gasteiger partial charge is 0.360 e. The van der Waals surface area contributed by atoms with Crippen LogP contribution in [0.1, 0.15) is 43.2 Å². The summed E-state index contributed by atoms with van der Waals surface area (Å²) in [5, 5.41) is 6.80. The number of benzene rings is 1. The average Bonchev–Trinajstić information content (AvgIpc) is 3.10. The Bertz CT molecular complexity index is 929. The summed E-state index contributed by atoms with van der Waals surface area (Å²) in [7, 11) is -3.62. The molecule has 1 aliphatic heterocycles. The maximum absolute atomic E-state index is 12.9. The summed E-state index contributed by atoms with van der Waals surface area (Å²) in [6, 6.07) is 10.2. The number of nitrogens with zero attached hydrogens (tertiary/aromatic N) is 2. The summed E-state index contributed by atoms with van der Waals surface area (Å²) in [5.74, 6) is 0.411. The monoisotopic (exact) mass is 433 g/mol. The number of aryl methyl sites for hydroxylation is 3. The molecule has 0 aliphatic carbocycles. The summed E-state index contributed by atoms with van der Waals surface area (Å²) < 4.78 is 32.4. The number of hydrogen-bond donors (Lipinski definition) is 1. The molecular formula is C22H31N3O4S. The summed E-state index contributed by atoms with van der Waals surface area (Å²) in [6.07, 6.45) is 3.17. The van der Waals surface area contributed by atoms with Crippen molar-refractivity contribution in [2.75, 3.05) is 19.6 Å². The molecule has 0 radical (unpaired) electrons. The molecule has 1 atom stereocenters. The Morgan fingerprint density at radius 3 is 2.50 bits per heavy atom. The van der Waals surface area contributed by atoms with Crippen LogP contribution in [0.15, 0.2) is 39.8 Å². The molecule has 2 aromatic rings. The van der Waals surface area contributed by atoms with E-state index in [2.05, 4.69) is 22.6 Å². The Balaban J connectivity index is 1.46. The van der Waals surface area contributed by atoms with Crippen LogP contribution in [0.25, 0.3) is 0 Å². The molecule has 1 N–H and O–H groups in total. The molecular weight excluding hydrogens is 402 g/mol. The Labute approximate surface area is 178 Å². The van der Waals surface area contributed by atoms with E-state index in [1.54, 1.807) is 13.8 Å². The van der Waals surface area contributed by atoms with Crippen LogP contribution in [0.5, 0.6) is 0 Å². The number of piperidine rings is 1. The zero-order chi connectivity index (χ0) is 21.7. The van der Waals surface area contributed by atoms with Gasteiger partial charge in [-0.15, -0.1) is 0 Å². The number of carbonyl (C=O) groups is 1. The quantitative estimate of drug-likeness (QED) is 0.646. The van der Waals surface area contributed by atoms with Crippen molar-refractivity contribution in [1.82, 2.24) is 14.8 Å². The van der Waals surface area contributed by atoms with E-state index in [0.29, 0.717) is 43.9 Å². The van der Waals surface area contributed by atoms with Crippen molar-refractivity contribution in [2.24, 2.45) is 11.8 Å². The lowest BCUT2D eigenvalue weighted by Crippen LogP contribution is -2.43. The summed E-state index contributed by atoms with van der Waals surface area (Å²) in [6.45, 7) is 6.66. The first-order valence-corrected chi connectivity index (χ1v) is 12.0. The van der Waals surface area contributed by atoms with Gasteiger partial charge in [0.2, 0.25) is 15.9 Å². The number of hydrogen-bond acceptors (Lipinski definition) is 5. The second-order valence-electron chi connectivity index (χ2n) is 8.06. The summed E-state index contributed by atoms with van der Waals surface area (Å²) in [5.41, 5.74) is 1.66. The molecule has 1 fully saturated rings. The molecule has 30 heavy (non-hydrogen) atoms. The zero-order valence-electron chi connectivity index (χ0n) is 17.9. The van der Waals surface area contributed by atoms with Gasteiger partial charge in [-0.05, 0) is 51.0 Å². The fraction of sp³-hybridized carbons (Fsp3) is 0.545. The molecule has 1 aliphatic rings. The Morgan fingerprint density at radius 1 is 1.23 bits per heavy atom. The number of nitrogens with one attached hydrogen (secondary N) is 1. The number of aromatic nitrogens is 1. The lowest BCUT2D eigenvalue weighted by Gasteiger charge is -2.33. The van der Waals surface area contributed by atoms with Crippen molar-refractivity contribution in [3.05, 3.63) is 47.3 Å². The van der Waals surface area contributed by atoms with Crippen LogP contribution in [0.3, 0.4) is 0 Å². The van der Waals surface area contributed by atoms with Crippen molar-refractivity contribution in [1.29, 1.82) is 0 Å². The lowest BCUT2D eigenvalue weighted by atomic mass is 9.85. The van der Waals surface area contributed by atoms with Gasteiger partial charge in [0.15, 0.2) is 5.76 Å². The van der Waals surface area contributed by atoms with E-state index < -0.39 is 10.0 Å². The van der Waals surface area contributed by atoms with Gasteiger partial charge in [-0.1, -0.05) is 42.4 Å². The fourth-order valence-electron chi connectivity index (χ4n) is 4.11. The molecule has 1 saturated heterocycles. The van der Waals surface area contributed by atoms with Crippen molar-refractivity contribution >= 4 is 15.9 Å². The fourth-order valence-corrected chi connectivity index (χ4v) is 5.87. The van der Waals surface area contributed by atoms with Crippen molar-refractivity contribution in [3.8, 4) is 0 Å². The van der Waals surface area contributed by atoms with Gasteiger partial charge in [-0.3, -0.25) is 4.79 Å². The highest BCUT2D eigenvalue weighted by Gasteiger charge is 2.36. The first-order valence-electron chi connectivity index (χ1n) is 10.6. The molecule has 2 heterocycles. The standard InChI is InChI=1S/C22H31N3O4S/c1-16(22(26)23-13-7-10-19-8-5-4-6-9-19)20-11-14-25(15-12-20)30(27,28)21-17(2)24-29-18(21)3/h4-6,8-9,16,20H,7,10-15H2,1-3H3,(H,23,26)/t16-/m0/s1. The third-order valence-electron chi connectivity index (χ3n) is 5.97. The second-order valence-corrected chi connectivity index (χ2v) is 9.94. The van der Waals surface area contributed by atoms with E-state index in [1.165, 1.54) is 9.87 Å². The van der Waals surface area contributed by atoms with Gasteiger partial charge in [0.25, 0.3) is 0 Å². The molecule has 1 aromatic carbocycles. The number of carbonyl (C=O) groups excluding carboxylic acids is 1. The molecule has 8 heteroatoms. The Morgan fingerprint density at radius 2 is 1.90 bits per heavy atom. The lowest BCUT2D eigenvalue weighted by molar-refractivity contribution is -0.126. The molecule has 0 bridgehead atoms. The van der Waals surface area contributed by atoms with Gasteiger partial charge in [-0.25, -0.2) is 8.42 Å². The van der Waals surface area contributed by atoms with Gasteiger partial charge in [-0.2, -0.15) is 4.31 Å². The number of sulfonamides is 1. The minimum atomic E-state index is -3.62. The first-order chi connectivity index (χ1) is 14.3. The van der Waals surface area contributed by atoms with Crippen LogP contribution in [-0.4, -0.2) is 43.4 Å². The molecule has 0 saturated carbocycles. The minimum absolute atomic E-state index is 0.0510. The Kier molecular flexibility index (Phi) is 7.31. The van der Waals surface area contributed by atoms with Gasteiger partial charge in [0.1, 0.15) is 10.6 Å². The summed E-state index contributed by atoms with van der Waals surface area (Å²) >= 11 is 0. The van der Waals surface area contributed by atoms with E-state index in [1.807, 2.05) is 25.1 Å². The highest BCUT2D eigenvalue weighted by Crippen LogP contribution is 2.30. The van der Waals surface area contributed by atoms with Crippen LogP contribution < -0.4 is 5.32 Å². The highest BCUT2D eigenvalue weighted by molar-refractivity contribution is 7.89. The van der Waals surface area contributed by atoms with Crippen LogP contribution in [0, 0.1) is 25.7 Å². The molecule has 1 aromatic heterocycles. The molecule has 7 nitrogen and oxygen atoms in total. The topological polar surface area (TPSA) is 92.5 Å². The van der Waals surface area contributed by atoms with Crippen LogP contribution >= 0.6 is 0 Å². The van der Waals surface area contributed by atoms with Gasteiger partial charge < -0.3 is 9.84 Å². The van der Waals surface area contributed by atoms with Gasteiger partial charge in [0.05, 0.1) is 0 Å². The van der Waals surface area contributed by atoms with Crippen molar-refractivity contribution in [3.63, 3.8) is 0 Å². The van der Waals surface area contributed by atoms with Crippen LogP contribution in [0.2, 0.25) is 0 Å². The SMILES string of the molecule is Cc1noc(C)c1S(=O)(=O)N1CCC([C@H](C)C(=O)NCCCc2ccccc2)CC1. The maximum atomic E-state index is 12.9. The van der Waals surface area contributed by atoms with E-state index in [-0.39, 0.29) is 22.6 Å². The number of rotatable bonds is 8. The predicted octanol–water partition coefficient (Wildman–Crippen LogP) is 3.08. The summed E-state index contributed by atoms with van der Waals surface area (Å²) in [4.78, 5) is 12.7. The minimum Gasteiger partial charge on any atom is -0.360 e. The Hall–Kier alpha value is -2.19. The smallest absolute Gasteiger partial charge is 0.248 e. The van der Waals surface area contributed by atoms with E-state index in [4.69, 9.17) is 4.52 Å². The van der Waals surface area contributed by atoms with Gasteiger partial charge in [0, 0.05) is 25.6 Å². The predicted molar refractivity (Wildman–Crippen MR) is 114 cm³/mol. The van der Waals surface area contributed by atoms with Crippen molar-refractivity contribution in [2.45, 2.75) is 51.3 Å². The third kappa shape index (κ3) is 5.10. The van der Waals surface area contributed by atoms with E-state index in [0.717, 1.165) is 12.8 Å². The van der Waals surface area contributed by atoms with Gasteiger partial charge >= 0.3 is 0 Å². The second kappa shape index (κ2) is 9.75. The van der Waals surface area contributed by atoms with Crippen LogP contribution in [-0.2, 0) is 21.2 Å². The highest BCUT2D eigenvalue weighted by atomic mass is 32.2. The molecule has 0 spiro atoms. The average molecular weight is 434 g/mol. The zero-order valence-corrected chi connectivity index (χ0v) is 18.7. The maximum Gasteiger partial charge on any atom is 0.248 e. The van der Waals surface area contributed by atoms with E-state index in [9.17, 15) is 13.2 Å². The first kappa shape index (κ1) is 22.5. The van der Waals surface area contributed by atoms with E-state index >= 15 is 0 Å². The van der Waals surface area contributed by atoms with Crippen molar-refractivity contribution < 1.29 is 17.7 Å². The normalized spacial score (nSPS) is 17.0. The molecule has 1 amide bonds. The molecule has 164 valence electrons.